The number of halogens is 1. The van der Waals surface area contributed by atoms with Crippen LogP contribution in [0.2, 0.25) is 0 Å². The van der Waals surface area contributed by atoms with E-state index in [9.17, 15) is 4.39 Å². The van der Waals surface area contributed by atoms with Gasteiger partial charge in [0.25, 0.3) is 0 Å². The Kier molecular flexibility index (Phi) is 5.09. The summed E-state index contributed by atoms with van der Waals surface area (Å²) in [5.41, 5.74) is 1.55. The lowest BCUT2D eigenvalue weighted by atomic mass is 10.2. The molecule has 108 valence electrons. The monoisotopic (exact) mass is 293 g/mol. The lowest BCUT2D eigenvalue weighted by Gasteiger charge is -2.16. The number of nitrogens with zero attached hydrogens (tertiary/aromatic N) is 2. The third kappa shape index (κ3) is 3.35. The Balaban J connectivity index is 2.14. The highest BCUT2D eigenvalue weighted by Gasteiger charge is 2.14. The second-order valence-electron chi connectivity index (χ2n) is 4.74. The van der Waals surface area contributed by atoms with Crippen LogP contribution in [0.1, 0.15) is 32.0 Å². The van der Waals surface area contributed by atoms with Gasteiger partial charge >= 0.3 is 0 Å². The number of anilines is 2. The second kappa shape index (κ2) is 6.81. The Morgan fingerprint density at radius 1 is 1.40 bits per heavy atom. The van der Waals surface area contributed by atoms with Crippen LogP contribution in [0.5, 0.6) is 0 Å². The fraction of sp³-hybridized carbons (Fsp3) is 0.400. The van der Waals surface area contributed by atoms with Crippen molar-refractivity contribution < 1.29 is 4.39 Å². The zero-order valence-corrected chi connectivity index (χ0v) is 12.9. The highest BCUT2D eigenvalue weighted by atomic mass is 32.1. The van der Waals surface area contributed by atoms with Crippen LogP contribution >= 0.6 is 11.3 Å². The van der Waals surface area contributed by atoms with Crippen LogP contribution in [0.15, 0.2) is 29.6 Å². The van der Waals surface area contributed by atoms with Crippen molar-refractivity contribution in [2.75, 3.05) is 18.5 Å². The normalized spacial score (nSPS) is 12.4. The summed E-state index contributed by atoms with van der Waals surface area (Å²) in [6, 6.07) is 6.96. The average Bonchev–Trinajstić information content (AvgIpc) is 2.94. The van der Waals surface area contributed by atoms with Crippen molar-refractivity contribution in [3.63, 3.8) is 0 Å². The average molecular weight is 293 g/mol. The van der Waals surface area contributed by atoms with E-state index < -0.39 is 0 Å². The molecule has 0 saturated carbocycles. The number of hydrogen-bond donors (Lipinski definition) is 1. The number of hydrogen-bond acceptors (Lipinski definition) is 4. The number of nitrogens with one attached hydrogen (secondary N) is 1. The van der Waals surface area contributed by atoms with Gasteiger partial charge in [-0.3, -0.25) is 0 Å². The molecule has 2 rings (SSSR count). The van der Waals surface area contributed by atoms with Gasteiger partial charge in [0.05, 0.1) is 11.4 Å². The van der Waals surface area contributed by atoms with Crippen LogP contribution in [0.3, 0.4) is 0 Å². The Hall–Kier alpha value is -1.46. The lowest BCUT2D eigenvalue weighted by Crippen LogP contribution is -2.19. The predicted octanol–water partition coefficient (Wildman–Crippen LogP) is 4.11. The molecule has 3 nitrogen and oxygen atoms in total. The number of rotatable bonds is 6. The van der Waals surface area contributed by atoms with E-state index >= 15 is 0 Å². The van der Waals surface area contributed by atoms with Crippen LogP contribution in [0, 0.1) is 5.82 Å². The van der Waals surface area contributed by atoms with Gasteiger partial charge in [0.2, 0.25) is 0 Å². The smallest absolute Gasteiger partial charge is 0.189 e. The van der Waals surface area contributed by atoms with Gasteiger partial charge in [-0.15, -0.1) is 11.3 Å². The van der Waals surface area contributed by atoms with Gasteiger partial charge in [-0.1, -0.05) is 19.1 Å². The quantitative estimate of drug-likeness (QED) is 0.868. The minimum Gasteiger partial charge on any atom is -0.318 e. The topological polar surface area (TPSA) is 28.2 Å². The molecule has 1 aromatic heterocycles. The van der Waals surface area contributed by atoms with Crippen LogP contribution in [-0.4, -0.2) is 18.6 Å². The second-order valence-corrected chi connectivity index (χ2v) is 5.58. The maximum atomic E-state index is 13.8. The summed E-state index contributed by atoms with van der Waals surface area (Å²) in [5, 5.41) is 6.23. The predicted molar refractivity (Wildman–Crippen MR) is 83.3 cm³/mol. The van der Waals surface area contributed by atoms with E-state index in [1.54, 1.807) is 17.0 Å². The first kappa shape index (κ1) is 14.9. The van der Waals surface area contributed by atoms with Crippen molar-refractivity contribution in [2.45, 2.75) is 26.3 Å². The largest absolute Gasteiger partial charge is 0.318 e. The molecular weight excluding hydrogens is 273 g/mol. The van der Waals surface area contributed by atoms with E-state index in [1.807, 2.05) is 18.5 Å². The van der Waals surface area contributed by atoms with Crippen molar-refractivity contribution >= 4 is 22.2 Å². The Labute approximate surface area is 123 Å². The van der Waals surface area contributed by atoms with Crippen LogP contribution < -0.4 is 10.2 Å². The number of thiazole rings is 1. The molecule has 20 heavy (non-hydrogen) atoms. The molecular formula is C15H20FN3S. The fourth-order valence-corrected chi connectivity index (χ4v) is 2.82. The first-order valence-corrected chi connectivity index (χ1v) is 7.68. The number of para-hydroxylation sites is 1. The molecule has 5 heteroatoms. The summed E-state index contributed by atoms with van der Waals surface area (Å²) in [5.74, 6) is -0.232. The van der Waals surface area contributed by atoms with E-state index in [-0.39, 0.29) is 11.9 Å². The summed E-state index contributed by atoms with van der Waals surface area (Å²) < 4.78 is 13.8. The summed E-state index contributed by atoms with van der Waals surface area (Å²) >= 11 is 1.53. The molecule has 0 radical (unpaired) electrons. The van der Waals surface area contributed by atoms with Crippen molar-refractivity contribution in [3.05, 3.63) is 41.2 Å². The molecule has 0 aliphatic heterocycles. The van der Waals surface area contributed by atoms with E-state index in [4.69, 9.17) is 0 Å². The van der Waals surface area contributed by atoms with Gasteiger partial charge in [-0.2, -0.15) is 0 Å². The third-order valence-electron chi connectivity index (χ3n) is 3.15. The summed E-state index contributed by atoms with van der Waals surface area (Å²) in [7, 11) is 1.84. The molecule has 1 aromatic carbocycles. The maximum Gasteiger partial charge on any atom is 0.189 e. The first-order chi connectivity index (χ1) is 9.63. The highest BCUT2D eigenvalue weighted by molar-refractivity contribution is 7.13. The van der Waals surface area contributed by atoms with Crippen LogP contribution in [0.4, 0.5) is 15.2 Å². The van der Waals surface area contributed by atoms with Crippen LogP contribution in [-0.2, 0) is 0 Å². The van der Waals surface area contributed by atoms with Crippen molar-refractivity contribution in [2.24, 2.45) is 0 Å². The Morgan fingerprint density at radius 3 is 2.85 bits per heavy atom. The molecule has 0 saturated heterocycles. The zero-order chi connectivity index (χ0) is 14.5. The molecule has 1 N–H and O–H groups in total. The molecule has 0 aliphatic carbocycles. The van der Waals surface area contributed by atoms with E-state index in [1.165, 1.54) is 17.4 Å². The van der Waals surface area contributed by atoms with Gasteiger partial charge in [-0.05, 0) is 32.0 Å². The fourth-order valence-electron chi connectivity index (χ4n) is 1.92. The van der Waals surface area contributed by atoms with Gasteiger partial charge in [0.15, 0.2) is 5.13 Å². The molecule has 0 bridgehead atoms. The summed E-state index contributed by atoms with van der Waals surface area (Å²) in [6.45, 7) is 5.20. The van der Waals surface area contributed by atoms with E-state index in [0.717, 1.165) is 23.8 Å². The lowest BCUT2D eigenvalue weighted by molar-refractivity contribution is 0.561. The van der Waals surface area contributed by atoms with Crippen molar-refractivity contribution in [1.29, 1.82) is 0 Å². The standard InChI is InChI=1S/C15H20FN3S/c1-4-9-17-11(2)13-10-20-15(18-13)19(3)14-8-6-5-7-12(14)16/h5-8,10-11,17H,4,9H2,1-3H3. The summed E-state index contributed by atoms with van der Waals surface area (Å²) in [6.07, 6.45) is 1.09. The van der Waals surface area contributed by atoms with Gasteiger partial charge in [0.1, 0.15) is 5.82 Å². The molecule has 0 spiro atoms. The molecule has 1 heterocycles. The Bertz CT molecular complexity index is 556. The number of aromatic nitrogens is 1. The molecule has 0 amide bonds. The molecule has 2 aromatic rings. The SMILES string of the molecule is CCCNC(C)c1csc(N(C)c2ccccc2F)n1. The first-order valence-electron chi connectivity index (χ1n) is 6.80. The van der Waals surface area contributed by atoms with Gasteiger partial charge in [0, 0.05) is 18.5 Å². The molecule has 1 unspecified atom stereocenters. The van der Waals surface area contributed by atoms with Crippen LogP contribution in [0.25, 0.3) is 0 Å². The molecule has 0 fully saturated rings. The third-order valence-corrected chi connectivity index (χ3v) is 4.09. The van der Waals surface area contributed by atoms with Gasteiger partial charge in [-0.25, -0.2) is 9.37 Å². The highest BCUT2D eigenvalue weighted by Crippen LogP contribution is 2.30. The van der Waals surface area contributed by atoms with Gasteiger partial charge < -0.3 is 10.2 Å². The summed E-state index contributed by atoms with van der Waals surface area (Å²) in [4.78, 5) is 6.38. The van der Waals surface area contributed by atoms with E-state index in [0.29, 0.717) is 5.69 Å². The minimum absolute atomic E-state index is 0.217. The number of benzene rings is 1. The minimum atomic E-state index is -0.232. The molecule has 1 atom stereocenters. The molecule has 0 aliphatic rings. The van der Waals surface area contributed by atoms with Crippen molar-refractivity contribution in [3.8, 4) is 0 Å². The zero-order valence-electron chi connectivity index (χ0n) is 12.1. The maximum absolute atomic E-state index is 13.8. The van der Waals surface area contributed by atoms with Crippen molar-refractivity contribution in [1.82, 2.24) is 10.3 Å². The van der Waals surface area contributed by atoms with E-state index in [2.05, 4.69) is 24.1 Å². The Morgan fingerprint density at radius 2 is 2.15 bits per heavy atom.